The lowest BCUT2D eigenvalue weighted by atomic mass is 10.3. The standard InChI is InChI=1S/C10H16N2S.C2H6/c1-4-9(12-3)10-8(7(2)11)5-6-13-10;1-2/h5-6,12H,4,11H2,1-3H3;1-2H3/b8-7-,10-9+;. The third-order valence-corrected chi connectivity index (χ3v) is 2.99. The molecule has 0 bridgehead atoms. The van der Waals surface area contributed by atoms with Crippen molar-refractivity contribution in [3.63, 3.8) is 0 Å². The third kappa shape index (κ3) is 3.59. The number of nitrogens with one attached hydrogen (secondary N) is 1. The molecule has 0 aliphatic heterocycles. The van der Waals surface area contributed by atoms with Crippen LogP contribution in [0.4, 0.5) is 0 Å². The third-order valence-electron chi connectivity index (χ3n) is 2.02. The van der Waals surface area contributed by atoms with Crippen molar-refractivity contribution in [3.05, 3.63) is 21.2 Å². The summed E-state index contributed by atoms with van der Waals surface area (Å²) in [6, 6.07) is 2.07. The molecule has 1 aromatic rings. The maximum absolute atomic E-state index is 5.79. The number of rotatable bonds is 2. The lowest BCUT2D eigenvalue weighted by molar-refractivity contribution is 1.02. The van der Waals surface area contributed by atoms with Gasteiger partial charge in [0.1, 0.15) is 0 Å². The number of nitrogens with two attached hydrogens (primary N) is 1. The highest BCUT2D eigenvalue weighted by Crippen LogP contribution is 1.94. The Labute approximate surface area is 96.5 Å². The quantitative estimate of drug-likeness (QED) is 0.804. The lowest BCUT2D eigenvalue weighted by Gasteiger charge is -2.00. The van der Waals surface area contributed by atoms with Gasteiger partial charge in [-0.1, -0.05) is 20.8 Å². The minimum Gasteiger partial charge on any atom is -0.402 e. The molecule has 0 aromatic carbocycles. The molecule has 3 heteroatoms. The topological polar surface area (TPSA) is 38.0 Å². The van der Waals surface area contributed by atoms with Gasteiger partial charge in [0.25, 0.3) is 0 Å². The summed E-state index contributed by atoms with van der Waals surface area (Å²) in [4.78, 5) is 0. The van der Waals surface area contributed by atoms with Crippen molar-refractivity contribution >= 4 is 22.7 Å². The molecule has 0 saturated heterocycles. The average Bonchev–Trinajstić information content (AvgIpc) is 2.72. The van der Waals surface area contributed by atoms with Gasteiger partial charge in [0, 0.05) is 23.7 Å². The van der Waals surface area contributed by atoms with Gasteiger partial charge in [-0.05, 0) is 24.8 Å². The average molecular weight is 226 g/mol. The monoisotopic (exact) mass is 226 g/mol. The second kappa shape index (κ2) is 7.35. The molecule has 0 unspecified atom stereocenters. The van der Waals surface area contributed by atoms with Gasteiger partial charge in [-0.3, -0.25) is 0 Å². The first-order chi connectivity index (χ1) is 7.20. The first kappa shape index (κ1) is 14.0. The van der Waals surface area contributed by atoms with E-state index in [2.05, 4.69) is 23.7 Å². The van der Waals surface area contributed by atoms with Crippen molar-refractivity contribution in [1.29, 1.82) is 0 Å². The predicted octanol–water partition coefficient (Wildman–Crippen LogP) is 1.60. The number of hydrogen-bond acceptors (Lipinski definition) is 3. The largest absolute Gasteiger partial charge is 0.402 e. The molecule has 2 nitrogen and oxygen atoms in total. The maximum atomic E-state index is 5.79. The van der Waals surface area contributed by atoms with Gasteiger partial charge < -0.3 is 11.1 Å². The summed E-state index contributed by atoms with van der Waals surface area (Å²) in [5, 5.41) is 6.45. The zero-order valence-electron chi connectivity index (χ0n) is 10.3. The van der Waals surface area contributed by atoms with Crippen LogP contribution in [0.3, 0.4) is 0 Å². The second-order valence-corrected chi connectivity index (χ2v) is 3.84. The molecule has 0 saturated carbocycles. The smallest absolute Gasteiger partial charge is 0.0548 e. The van der Waals surface area contributed by atoms with Crippen molar-refractivity contribution in [3.8, 4) is 0 Å². The fraction of sp³-hybridized carbons (Fsp3) is 0.500. The highest BCUT2D eigenvalue weighted by molar-refractivity contribution is 7.07. The minimum atomic E-state index is 0.887. The summed E-state index contributed by atoms with van der Waals surface area (Å²) < 4.78 is 1.27. The summed E-state index contributed by atoms with van der Waals surface area (Å²) in [5.74, 6) is 0. The van der Waals surface area contributed by atoms with Crippen LogP contribution in [0.1, 0.15) is 34.1 Å². The van der Waals surface area contributed by atoms with Crippen LogP contribution in [-0.4, -0.2) is 7.05 Å². The van der Waals surface area contributed by atoms with E-state index in [9.17, 15) is 0 Å². The fourth-order valence-electron chi connectivity index (χ4n) is 1.30. The molecule has 0 spiro atoms. The van der Waals surface area contributed by atoms with E-state index in [0.29, 0.717) is 0 Å². The molecule has 15 heavy (non-hydrogen) atoms. The van der Waals surface area contributed by atoms with E-state index in [4.69, 9.17) is 5.73 Å². The number of hydrogen-bond donors (Lipinski definition) is 2. The fourth-order valence-corrected chi connectivity index (χ4v) is 2.39. The SMILES string of the molecule is CC.CC/C(NC)=c1\scc\c1=C(/C)N. The molecule has 0 aliphatic carbocycles. The van der Waals surface area contributed by atoms with E-state index >= 15 is 0 Å². The van der Waals surface area contributed by atoms with Crippen LogP contribution in [0.2, 0.25) is 0 Å². The summed E-state index contributed by atoms with van der Waals surface area (Å²) in [6.45, 7) is 8.08. The van der Waals surface area contributed by atoms with Crippen molar-refractivity contribution < 1.29 is 0 Å². The molecule has 0 atom stereocenters. The van der Waals surface area contributed by atoms with Gasteiger partial charge in [-0.15, -0.1) is 11.3 Å². The Balaban J connectivity index is 0.000000921. The summed E-state index contributed by atoms with van der Waals surface area (Å²) >= 11 is 1.73. The van der Waals surface area contributed by atoms with Crippen LogP contribution in [0.5, 0.6) is 0 Å². The van der Waals surface area contributed by atoms with Gasteiger partial charge in [-0.25, -0.2) is 0 Å². The van der Waals surface area contributed by atoms with Crippen LogP contribution in [0.15, 0.2) is 11.4 Å². The van der Waals surface area contributed by atoms with E-state index in [1.165, 1.54) is 10.2 Å². The first-order valence-corrected chi connectivity index (χ1v) is 6.29. The Morgan fingerprint density at radius 2 is 2.07 bits per heavy atom. The molecule has 1 heterocycles. The molecule has 0 amide bonds. The van der Waals surface area contributed by atoms with Gasteiger partial charge in [0.2, 0.25) is 0 Å². The summed E-state index contributed by atoms with van der Waals surface area (Å²) in [7, 11) is 1.95. The Morgan fingerprint density at radius 1 is 1.47 bits per heavy atom. The molecular formula is C12H22N2S. The molecule has 0 aliphatic rings. The van der Waals surface area contributed by atoms with Crippen molar-refractivity contribution in [2.24, 2.45) is 5.73 Å². The Hall–Kier alpha value is -0.960. The van der Waals surface area contributed by atoms with Crippen LogP contribution in [0, 0.1) is 0 Å². The zero-order chi connectivity index (χ0) is 11.8. The molecule has 3 N–H and O–H groups in total. The van der Waals surface area contributed by atoms with Crippen LogP contribution < -0.4 is 20.8 Å². The normalized spacial score (nSPS) is 13.7. The minimum absolute atomic E-state index is 0.887. The van der Waals surface area contributed by atoms with Crippen molar-refractivity contribution in [1.82, 2.24) is 5.32 Å². The molecule has 86 valence electrons. The van der Waals surface area contributed by atoms with E-state index in [1.807, 2.05) is 27.8 Å². The zero-order valence-corrected chi connectivity index (χ0v) is 11.2. The van der Waals surface area contributed by atoms with Gasteiger partial charge in [0.05, 0.1) is 4.53 Å². The van der Waals surface area contributed by atoms with E-state index < -0.39 is 0 Å². The number of thiophene rings is 1. The van der Waals surface area contributed by atoms with E-state index in [1.54, 1.807) is 11.3 Å². The summed E-state index contributed by atoms with van der Waals surface area (Å²) in [5.41, 5.74) is 7.93. The molecule has 1 rings (SSSR count). The van der Waals surface area contributed by atoms with Gasteiger partial charge in [-0.2, -0.15) is 0 Å². The van der Waals surface area contributed by atoms with Crippen LogP contribution in [0.25, 0.3) is 11.4 Å². The Bertz CT molecular complexity index is 380. The summed E-state index contributed by atoms with van der Waals surface area (Å²) in [6.07, 6.45) is 1.01. The van der Waals surface area contributed by atoms with Gasteiger partial charge in [0.15, 0.2) is 0 Å². The maximum Gasteiger partial charge on any atom is 0.0548 e. The van der Waals surface area contributed by atoms with Crippen LogP contribution >= 0.6 is 11.3 Å². The van der Waals surface area contributed by atoms with E-state index in [-0.39, 0.29) is 0 Å². The molecule has 0 fully saturated rings. The van der Waals surface area contributed by atoms with Crippen molar-refractivity contribution in [2.75, 3.05) is 7.05 Å². The Morgan fingerprint density at radius 3 is 2.47 bits per heavy atom. The van der Waals surface area contributed by atoms with E-state index in [0.717, 1.165) is 17.3 Å². The molecule has 1 aromatic heterocycles. The lowest BCUT2D eigenvalue weighted by Crippen LogP contribution is -2.29. The van der Waals surface area contributed by atoms with Gasteiger partial charge >= 0.3 is 0 Å². The Kier molecular flexibility index (Phi) is 6.88. The van der Waals surface area contributed by atoms with Crippen LogP contribution in [-0.2, 0) is 0 Å². The highest BCUT2D eigenvalue weighted by atomic mass is 32.1. The van der Waals surface area contributed by atoms with Crippen molar-refractivity contribution in [2.45, 2.75) is 34.1 Å². The molecule has 0 radical (unpaired) electrons. The molecular weight excluding hydrogens is 204 g/mol. The second-order valence-electron chi connectivity index (χ2n) is 2.93. The predicted molar refractivity (Wildman–Crippen MR) is 70.9 cm³/mol. The first-order valence-electron chi connectivity index (χ1n) is 5.41. The highest BCUT2D eigenvalue weighted by Gasteiger charge is 1.96.